The van der Waals surface area contributed by atoms with Crippen molar-refractivity contribution in [2.24, 2.45) is 0 Å². The quantitative estimate of drug-likeness (QED) is 0.854. The van der Waals surface area contributed by atoms with Crippen molar-refractivity contribution in [3.8, 4) is 0 Å². The number of ether oxygens (including phenoxy) is 1. The van der Waals surface area contributed by atoms with E-state index in [1.165, 1.54) is 6.33 Å². The molecule has 0 unspecified atom stereocenters. The van der Waals surface area contributed by atoms with E-state index in [0.717, 1.165) is 13.1 Å². The van der Waals surface area contributed by atoms with Crippen molar-refractivity contribution in [1.82, 2.24) is 25.0 Å². The van der Waals surface area contributed by atoms with E-state index in [0.29, 0.717) is 6.54 Å². The van der Waals surface area contributed by atoms with Crippen LogP contribution in [0.2, 0.25) is 0 Å². The van der Waals surface area contributed by atoms with Crippen LogP contribution >= 0.6 is 0 Å². The number of amides is 1. The van der Waals surface area contributed by atoms with Crippen molar-refractivity contribution < 1.29 is 9.53 Å². The summed E-state index contributed by atoms with van der Waals surface area (Å²) >= 11 is 0. The van der Waals surface area contributed by atoms with Crippen LogP contribution in [-0.2, 0) is 9.53 Å². The fraction of sp³-hybridized carbons (Fsp3) is 0.786. The molecule has 0 spiro atoms. The van der Waals surface area contributed by atoms with Crippen LogP contribution in [0.3, 0.4) is 0 Å². The van der Waals surface area contributed by atoms with Crippen LogP contribution in [0.25, 0.3) is 0 Å². The van der Waals surface area contributed by atoms with Gasteiger partial charge in [-0.1, -0.05) is 0 Å². The van der Waals surface area contributed by atoms with Gasteiger partial charge < -0.3 is 10.1 Å². The maximum atomic E-state index is 12.1. The summed E-state index contributed by atoms with van der Waals surface area (Å²) in [6.07, 6.45) is 3.46. The molecule has 0 aliphatic carbocycles. The Kier molecular flexibility index (Phi) is 5.30. The molecule has 7 nitrogen and oxygen atoms in total. The Balaban J connectivity index is 1.80. The second-order valence-electron chi connectivity index (χ2n) is 5.86. The van der Waals surface area contributed by atoms with Crippen LogP contribution in [0.1, 0.15) is 33.7 Å². The molecule has 1 aromatic rings. The second-order valence-corrected chi connectivity index (χ2v) is 5.86. The zero-order valence-electron chi connectivity index (χ0n) is 13.2. The molecule has 4 atom stereocenters. The van der Waals surface area contributed by atoms with E-state index in [4.69, 9.17) is 4.74 Å². The molecule has 0 saturated carbocycles. The molecule has 1 N–H and O–H groups in total. The summed E-state index contributed by atoms with van der Waals surface area (Å²) < 4.78 is 7.29. The second kappa shape index (κ2) is 7.00. The van der Waals surface area contributed by atoms with E-state index in [1.807, 2.05) is 6.92 Å². The Bertz CT molecular complexity index is 440. The van der Waals surface area contributed by atoms with Gasteiger partial charge in [0.05, 0.1) is 12.2 Å². The third-order valence-electron chi connectivity index (χ3n) is 3.86. The molecule has 1 aromatic heterocycles. The maximum Gasteiger partial charge on any atom is 0.244 e. The summed E-state index contributed by atoms with van der Waals surface area (Å²) in [5.41, 5.74) is 0. The van der Waals surface area contributed by atoms with Gasteiger partial charge in [0.25, 0.3) is 0 Å². The predicted molar refractivity (Wildman–Crippen MR) is 78.8 cm³/mol. The lowest BCUT2D eigenvalue weighted by atomic mass is 10.1. The van der Waals surface area contributed by atoms with Crippen molar-refractivity contribution in [3.05, 3.63) is 12.7 Å². The van der Waals surface area contributed by atoms with Crippen LogP contribution in [-0.4, -0.2) is 63.5 Å². The minimum absolute atomic E-state index is 0.0401. The standard InChI is InChI=1S/C14H25N5O2/c1-10(18-6-11(2)21-12(3)7-18)5-16-14(20)13(4)19-9-15-8-17-19/h8-13H,5-7H2,1-4H3,(H,16,20)/t10-,11-,12+,13-/m1/s1. The zero-order chi connectivity index (χ0) is 15.4. The lowest BCUT2D eigenvalue weighted by molar-refractivity contribution is -0.124. The van der Waals surface area contributed by atoms with Crippen molar-refractivity contribution in [2.75, 3.05) is 19.6 Å². The predicted octanol–water partition coefficient (Wildman–Crippen LogP) is 0.453. The maximum absolute atomic E-state index is 12.1. The van der Waals surface area contributed by atoms with Gasteiger partial charge in [-0.15, -0.1) is 0 Å². The van der Waals surface area contributed by atoms with Gasteiger partial charge in [0.15, 0.2) is 0 Å². The third kappa shape index (κ3) is 4.25. The molecule has 118 valence electrons. The number of nitrogens with one attached hydrogen (secondary N) is 1. The van der Waals surface area contributed by atoms with E-state index in [2.05, 4.69) is 41.1 Å². The fourth-order valence-corrected chi connectivity index (χ4v) is 2.64. The first kappa shape index (κ1) is 15.9. The number of morpholine rings is 1. The molecule has 1 aliphatic heterocycles. The van der Waals surface area contributed by atoms with Crippen molar-refractivity contribution in [1.29, 1.82) is 0 Å². The summed E-state index contributed by atoms with van der Waals surface area (Å²) in [7, 11) is 0. The van der Waals surface area contributed by atoms with Crippen molar-refractivity contribution in [3.63, 3.8) is 0 Å². The van der Waals surface area contributed by atoms with Crippen LogP contribution in [0.15, 0.2) is 12.7 Å². The van der Waals surface area contributed by atoms with Gasteiger partial charge in [0.2, 0.25) is 5.91 Å². The number of rotatable bonds is 5. The highest BCUT2D eigenvalue weighted by Gasteiger charge is 2.26. The fourth-order valence-electron chi connectivity index (χ4n) is 2.64. The molecule has 1 saturated heterocycles. The van der Waals surface area contributed by atoms with Crippen molar-refractivity contribution >= 4 is 5.91 Å². The summed E-state index contributed by atoms with van der Waals surface area (Å²) in [4.78, 5) is 18.3. The molecule has 2 heterocycles. The molecule has 1 fully saturated rings. The summed E-state index contributed by atoms with van der Waals surface area (Å²) in [5.74, 6) is -0.0401. The average molecular weight is 295 g/mol. The van der Waals surface area contributed by atoms with Gasteiger partial charge in [0.1, 0.15) is 18.7 Å². The largest absolute Gasteiger partial charge is 0.373 e. The smallest absolute Gasteiger partial charge is 0.244 e. The van der Waals surface area contributed by atoms with Gasteiger partial charge in [-0.25, -0.2) is 9.67 Å². The monoisotopic (exact) mass is 295 g/mol. The Morgan fingerprint density at radius 1 is 1.38 bits per heavy atom. The van der Waals surface area contributed by atoms with Crippen LogP contribution in [0.4, 0.5) is 0 Å². The number of carbonyl (C=O) groups is 1. The summed E-state index contributed by atoms with van der Waals surface area (Å²) in [6, 6.07) is -0.0621. The highest BCUT2D eigenvalue weighted by molar-refractivity contribution is 5.79. The van der Waals surface area contributed by atoms with Gasteiger partial charge in [0, 0.05) is 25.7 Å². The first-order valence-electron chi connectivity index (χ1n) is 7.48. The molecular weight excluding hydrogens is 270 g/mol. The Morgan fingerprint density at radius 2 is 2.05 bits per heavy atom. The van der Waals surface area contributed by atoms with E-state index in [-0.39, 0.29) is 30.2 Å². The highest BCUT2D eigenvalue weighted by atomic mass is 16.5. The third-order valence-corrected chi connectivity index (χ3v) is 3.86. The van der Waals surface area contributed by atoms with Crippen LogP contribution in [0.5, 0.6) is 0 Å². The van der Waals surface area contributed by atoms with Gasteiger partial charge >= 0.3 is 0 Å². The van der Waals surface area contributed by atoms with Crippen LogP contribution in [0, 0.1) is 0 Å². The van der Waals surface area contributed by atoms with E-state index >= 15 is 0 Å². The topological polar surface area (TPSA) is 72.3 Å². The zero-order valence-corrected chi connectivity index (χ0v) is 13.2. The van der Waals surface area contributed by atoms with Crippen molar-refractivity contribution in [2.45, 2.75) is 52.0 Å². The normalized spacial score (nSPS) is 26.3. The van der Waals surface area contributed by atoms with Crippen LogP contribution < -0.4 is 5.32 Å². The molecule has 2 rings (SSSR count). The van der Waals surface area contributed by atoms with Gasteiger partial charge in [-0.05, 0) is 27.7 Å². The molecular formula is C14H25N5O2. The molecule has 0 radical (unpaired) electrons. The number of hydrogen-bond donors (Lipinski definition) is 1. The Morgan fingerprint density at radius 3 is 2.62 bits per heavy atom. The van der Waals surface area contributed by atoms with E-state index in [1.54, 1.807) is 11.0 Å². The molecule has 21 heavy (non-hydrogen) atoms. The molecule has 1 amide bonds. The lowest BCUT2D eigenvalue weighted by Gasteiger charge is -2.39. The molecule has 0 aromatic carbocycles. The first-order valence-corrected chi connectivity index (χ1v) is 7.48. The minimum atomic E-state index is -0.345. The molecule has 1 aliphatic rings. The van der Waals surface area contributed by atoms with E-state index < -0.39 is 0 Å². The highest BCUT2D eigenvalue weighted by Crippen LogP contribution is 2.13. The molecule has 0 bridgehead atoms. The first-order chi connectivity index (χ1) is 9.97. The summed E-state index contributed by atoms with van der Waals surface area (Å²) in [6.45, 7) is 10.5. The number of aromatic nitrogens is 3. The average Bonchev–Trinajstić information content (AvgIpc) is 2.96. The summed E-state index contributed by atoms with van der Waals surface area (Å²) in [5, 5.41) is 6.98. The van der Waals surface area contributed by atoms with Gasteiger partial charge in [-0.2, -0.15) is 5.10 Å². The SMILES string of the molecule is C[C@@H]1CN([C@H](C)CNC(=O)[C@@H](C)n2cncn2)C[C@H](C)O1. The molecule has 7 heteroatoms. The Labute approximate surface area is 125 Å². The lowest BCUT2D eigenvalue weighted by Crippen LogP contribution is -2.52. The minimum Gasteiger partial charge on any atom is -0.373 e. The number of nitrogens with zero attached hydrogens (tertiary/aromatic N) is 4. The number of hydrogen-bond acceptors (Lipinski definition) is 5. The van der Waals surface area contributed by atoms with Gasteiger partial charge in [-0.3, -0.25) is 9.69 Å². The number of carbonyl (C=O) groups excluding carboxylic acids is 1. The van der Waals surface area contributed by atoms with E-state index in [9.17, 15) is 4.79 Å². The Hall–Kier alpha value is -1.47.